The molecule has 2 heterocycles. The molecule has 1 amide bonds. The maximum Gasteiger partial charge on any atom is 0.262 e. The number of morpholine rings is 1. The van der Waals surface area contributed by atoms with Crippen molar-refractivity contribution in [3.8, 4) is 0 Å². The van der Waals surface area contributed by atoms with Crippen molar-refractivity contribution in [2.75, 3.05) is 32.8 Å². The Hall–Kier alpha value is -2.81. The lowest BCUT2D eigenvalue weighted by Crippen LogP contribution is -2.43. The third-order valence-electron chi connectivity index (χ3n) is 6.34. The van der Waals surface area contributed by atoms with E-state index < -0.39 is 0 Å². The molecule has 4 rings (SSSR count). The number of para-hydroxylation sites is 1. The largest absolute Gasteiger partial charge is 0.379 e. The second-order valence-corrected chi connectivity index (χ2v) is 9.01. The van der Waals surface area contributed by atoms with Gasteiger partial charge < -0.3 is 15.0 Å². The van der Waals surface area contributed by atoms with Gasteiger partial charge in [0.1, 0.15) is 0 Å². The molecule has 3 aromatic rings. The summed E-state index contributed by atoms with van der Waals surface area (Å²) < 4.78 is 7.55. The molecule has 0 bridgehead atoms. The molecule has 0 aliphatic carbocycles. The van der Waals surface area contributed by atoms with Crippen LogP contribution in [-0.4, -0.2) is 53.2 Å². The fourth-order valence-corrected chi connectivity index (χ4v) is 4.74. The molecule has 34 heavy (non-hydrogen) atoms. The van der Waals surface area contributed by atoms with Crippen LogP contribution >= 0.6 is 12.2 Å². The molecule has 1 aromatic heterocycles. The van der Waals surface area contributed by atoms with E-state index in [0.717, 1.165) is 51.1 Å². The minimum absolute atomic E-state index is 0.0628. The molecule has 2 N–H and O–H groups in total. The lowest BCUT2D eigenvalue weighted by atomic mass is 10.0. The van der Waals surface area contributed by atoms with Gasteiger partial charge in [0.25, 0.3) is 5.56 Å². The molecule has 0 spiro atoms. The minimum Gasteiger partial charge on any atom is -0.379 e. The second kappa shape index (κ2) is 12.1. The Kier molecular flexibility index (Phi) is 8.62. The van der Waals surface area contributed by atoms with E-state index in [0.29, 0.717) is 29.7 Å². The predicted octanol–water partition coefficient (Wildman–Crippen LogP) is 3.81. The van der Waals surface area contributed by atoms with Crippen molar-refractivity contribution in [3.63, 3.8) is 0 Å². The zero-order chi connectivity index (χ0) is 23.8. The van der Waals surface area contributed by atoms with Gasteiger partial charge in [-0.05, 0) is 42.8 Å². The maximum absolute atomic E-state index is 12.7. The number of amides is 1. The van der Waals surface area contributed by atoms with Crippen LogP contribution in [0.2, 0.25) is 0 Å². The van der Waals surface area contributed by atoms with Gasteiger partial charge >= 0.3 is 0 Å². The summed E-state index contributed by atoms with van der Waals surface area (Å²) >= 11 is 5.37. The number of aromatic nitrogens is 2. The van der Waals surface area contributed by atoms with Crippen molar-refractivity contribution < 1.29 is 9.53 Å². The number of unbranched alkanes of at least 4 members (excludes halogenated alkanes) is 2. The molecule has 2 aromatic carbocycles. The van der Waals surface area contributed by atoms with Gasteiger partial charge in [0.15, 0.2) is 4.77 Å². The number of nitrogens with zero attached hydrogens (tertiary/aromatic N) is 2. The summed E-state index contributed by atoms with van der Waals surface area (Å²) in [4.78, 5) is 30.7. The van der Waals surface area contributed by atoms with Crippen LogP contribution in [0.15, 0.2) is 59.4 Å². The van der Waals surface area contributed by atoms with Gasteiger partial charge in [0, 0.05) is 32.6 Å². The van der Waals surface area contributed by atoms with Crippen LogP contribution in [0.5, 0.6) is 0 Å². The van der Waals surface area contributed by atoms with Crippen molar-refractivity contribution in [2.45, 2.75) is 38.3 Å². The maximum atomic E-state index is 12.7. The van der Waals surface area contributed by atoms with Crippen LogP contribution in [-0.2, 0) is 16.1 Å². The molecule has 0 saturated carbocycles. The summed E-state index contributed by atoms with van der Waals surface area (Å²) in [7, 11) is 0. The number of carbonyl (C=O) groups is 1. The van der Waals surface area contributed by atoms with Crippen molar-refractivity contribution in [1.82, 2.24) is 19.8 Å². The van der Waals surface area contributed by atoms with Gasteiger partial charge in [-0.3, -0.25) is 19.1 Å². The third kappa shape index (κ3) is 6.20. The Bertz CT molecular complexity index is 1200. The summed E-state index contributed by atoms with van der Waals surface area (Å²) in [6, 6.07) is 17.9. The first-order chi connectivity index (χ1) is 16.6. The van der Waals surface area contributed by atoms with Crippen molar-refractivity contribution in [1.29, 1.82) is 0 Å². The summed E-state index contributed by atoms with van der Waals surface area (Å²) in [6.07, 6.45) is 2.90. The quantitative estimate of drug-likeness (QED) is 0.341. The summed E-state index contributed by atoms with van der Waals surface area (Å²) in [5.41, 5.74) is 1.91. The van der Waals surface area contributed by atoms with Gasteiger partial charge in [0.05, 0.1) is 30.2 Å². The van der Waals surface area contributed by atoms with Crippen molar-refractivity contribution in [2.24, 2.45) is 0 Å². The zero-order valence-corrected chi connectivity index (χ0v) is 20.2. The standard InChI is InChI=1S/C26H32N4O3S/c31-24(27-19-23(20-9-3-1-4-10-20)29-15-17-33-18-16-29)13-5-2-8-14-30-25(32)21-11-6-7-12-22(21)28-26(30)34/h1,3-4,6-7,9-12,23H,2,5,8,13-19H2,(H,27,31)(H,28,34). The Labute approximate surface area is 204 Å². The molecule has 1 aliphatic heterocycles. The number of ether oxygens (including phenoxy) is 1. The first-order valence-corrected chi connectivity index (χ1v) is 12.4. The molecule has 1 atom stereocenters. The number of H-pyrrole nitrogens is 1. The smallest absolute Gasteiger partial charge is 0.262 e. The minimum atomic E-state index is -0.0628. The first-order valence-electron chi connectivity index (χ1n) is 12.0. The SMILES string of the molecule is O=C(CCCCCn1c(=S)[nH]c2ccccc2c1=O)NCC(c1ccccc1)N1CCOCC1. The Morgan fingerprint density at radius 1 is 1.03 bits per heavy atom. The van der Waals surface area contributed by atoms with Crippen LogP contribution in [0.3, 0.4) is 0 Å². The highest BCUT2D eigenvalue weighted by Gasteiger charge is 2.22. The number of rotatable bonds is 10. The average molecular weight is 481 g/mol. The first kappa shape index (κ1) is 24.3. The molecular weight excluding hydrogens is 448 g/mol. The normalized spacial score (nSPS) is 15.3. The van der Waals surface area contributed by atoms with E-state index in [4.69, 9.17) is 17.0 Å². The van der Waals surface area contributed by atoms with E-state index in [1.54, 1.807) is 4.57 Å². The lowest BCUT2D eigenvalue weighted by Gasteiger charge is -2.35. The van der Waals surface area contributed by atoms with Crippen LogP contribution in [0.1, 0.15) is 37.3 Å². The van der Waals surface area contributed by atoms with E-state index in [2.05, 4.69) is 27.3 Å². The molecule has 1 aliphatic rings. The van der Waals surface area contributed by atoms with Crippen LogP contribution in [0, 0.1) is 4.77 Å². The predicted molar refractivity (Wildman–Crippen MR) is 136 cm³/mol. The number of aromatic amines is 1. The Morgan fingerprint density at radius 3 is 2.56 bits per heavy atom. The van der Waals surface area contributed by atoms with Crippen molar-refractivity contribution in [3.05, 3.63) is 75.3 Å². The van der Waals surface area contributed by atoms with Gasteiger partial charge in [-0.2, -0.15) is 0 Å². The molecular formula is C26H32N4O3S. The molecule has 0 radical (unpaired) electrons. The van der Waals surface area contributed by atoms with Gasteiger partial charge in [-0.25, -0.2) is 0 Å². The number of benzene rings is 2. The monoisotopic (exact) mass is 480 g/mol. The zero-order valence-electron chi connectivity index (χ0n) is 19.4. The van der Waals surface area contributed by atoms with Gasteiger partial charge in [-0.1, -0.05) is 48.9 Å². The summed E-state index contributed by atoms with van der Waals surface area (Å²) in [6.45, 7) is 4.32. The van der Waals surface area contributed by atoms with E-state index >= 15 is 0 Å². The summed E-state index contributed by atoms with van der Waals surface area (Å²) in [5.74, 6) is 0.0642. The molecule has 1 unspecified atom stereocenters. The topological polar surface area (TPSA) is 79.4 Å². The highest BCUT2D eigenvalue weighted by atomic mass is 32.1. The fourth-order valence-electron chi connectivity index (χ4n) is 4.46. The van der Waals surface area contributed by atoms with Crippen molar-refractivity contribution >= 4 is 29.0 Å². The lowest BCUT2D eigenvalue weighted by molar-refractivity contribution is -0.121. The molecule has 1 fully saturated rings. The van der Waals surface area contributed by atoms with E-state index in [1.165, 1.54) is 5.56 Å². The van der Waals surface area contributed by atoms with E-state index in [1.807, 2.05) is 42.5 Å². The number of hydrogen-bond donors (Lipinski definition) is 2. The fraction of sp³-hybridized carbons (Fsp3) is 0.423. The number of hydrogen-bond acceptors (Lipinski definition) is 5. The van der Waals surface area contributed by atoms with Crippen LogP contribution in [0.4, 0.5) is 0 Å². The molecule has 8 heteroatoms. The van der Waals surface area contributed by atoms with Crippen LogP contribution in [0.25, 0.3) is 10.9 Å². The highest BCUT2D eigenvalue weighted by Crippen LogP contribution is 2.21. The van der Waals surface area contributed by atoms with Gasteiger partial charge in [0.2, 0.25) is 5.91 Å². The third-order valence-corrected chi connectivity index (χ3v) is 6.66. The number of carbonyl (C=O) groups excluding carboxylic acids is 1. The Morgan fingerprint density at radius 2 is 1.76 bits per heavy atom. The number of nitrogens with one attached hydrogen (secondary N) is 2. The Balaban J connectivity index is 1.24. The van der Waals surface area contributed by atoms with E-state index in [-0.39, 0.29) is 17.5 Å². The van der Waals surface area contributed by atoms with E-state index in [9.17, 15) is 9.59 Å². The average Bonchev–Trinajstić information content (AvgIpc) is 2.87. The molecule has 180 valence electrons. The van der Waals surface area contributed by atoms with Crippen LogP contribution < -0.4 is 10.9 Å². The highest BCUT2D eigenvalue weighted by molar-refractivity contribution is 7.71. The number of fused-ring (bicyclic) bond motifs is 1. The second-order valence-electron chi connectivity index (χ2n) is 8.62. The molecule has 7 nitrogen and oxygen atoms in total. The molecule has 1 saturated heterocycles. The van der Waals surface area contributed by atoms with Gasteiger partial charge in [-0.15, -0.1) is 0 Å². The summed E-state index contributed by atoms with van der Waals surface area (Å²) in [5, 5.41) is 3.77.